The smallest absolute Gasteiger partial charge is 0.262 e. The number of nitrogens with zero attached hydrogens (tertiary/aromatic N) is 1. The van der Waals surface area contributed by atoms with Gasteiger partial charge in [-0.2, -0.15) is 0 Å². The molecule has 0 unspecified atom stereocenters. The highest BCUT2D eigenvalue weighted by Crippen LogP contribution is 2.36. The van der Waals surface area contributed by atoms with Crippen molar-refractivity contribution < 1.29 is 17.9 Å². The molecule has 4 rings (SSSR count). The summed E-state index contributed by atoms with van der Waals surface area (Å²) in [5.41, 5.74) is 9.40. The molecule has 0 aromatic heterocycles. The summed E-state index contributed by atoms with van der Waals surface area (Å²) in [5.74, 6) is 0.744. The fraction of sp³-hybridized carbons (Fsp3) is 0.222. The molecule has 1 heterocycles. The summed E-state index contributed by atoms with van der Waals surface area (Å²) in [4.78, 5) is 2.14. The van der Waals surface area contributed by atoms with Gasteiger partial charge >= 0.3 is 0 Å². The molecule has 36 heavy (non-hydrogen) atoms. The zero-order valence-electron chi connectivity index (χ0n) is 20.3. The molecule has 4 N–H and O–H groups in total. The number of rotatable bonds is 9. The summed E-state index contributed by atoms with van der Waals surface area (Å²) >= 11 is 0. The van der Waals surface area contributed by atoms with E-state index in [0.717, 1.165) is 31.5 Å². The zero-order chi connectivity index (χ0) is 25.7. The first-order valence-electron chi connectivity index (χ1n) is 11.6. The monoisotopic (exact) mass is 506 g/mol. The van der Waals surface area contributed by atoms with Gasteiger partial charge in [0.2, 0.25) is 0 Å². The van der Waals surface area contributed by atoms with E-state index in [-0.39, 0.29) is 10.6 Å². The quantitative estimate of drug-likeness (QED) is 0.284. The number of sulfonamides is 1. The van der Waals surface area contributed by atoms with Gasteiger partial charge in [0.15, 0.2) is 11.5 Å². The molecule has 0 saturated carbocycles. The molecule has 3 aromatic carbocycles. The van der Waals surface area contributed by atoms with Crippen LogP contribution in [0.5, 0.6) is 11.5 Å². The maximum absolute atomic E-state index is 13.4. The van der Waals surface area contributed by atoms with E-state index in [4.69, 9.17) is 20.6 Å². The second-order valence-corrected chi connectivity index (χ2v) is 10.1. The molecular weight excluding hydrogens is 476 g/mol. The van der Waals surface area contributed by atoms with Crippen molar-refractivity contribution in [3.8, 4) is 11.5 Å². The van der Waals surface area contributed by atoms with Crippen molar-refractivity contribution in [1.82, 2.24) is 0 Å². The first kappa shape index (κ1) is 25.1. The van der Waals surface area contributed by atoms with Gasteiger partial charge in [-0.15, -0.1) is 0 Å². The van der Waals surface area contributed by atoms with Gasteiger partial charge in [-0.25, -0.2) is 8.42 Å². The fourth-order valence-electron chi connectivity index (χ4n) is 4.16. The number of nitrogens with one attached hydrogen (secondary N) is 2. The third-order valence-electron chi connectivity index (χ3n) is 6.06. The van der Waals surface area contributed by atoms with Crippen molar-refractivity contribution in [2.45, 2.75) is 17.7 Å². The van der Waals surface area contributed by atoms with Crippen LogP contribution in [-0.2, 0) is 10.0 Å². The van der Waals surface area contributed by atoms with E-state index in [1.165, 1.54) is 26.4 Å². The van der Waals surface area contributed by atoms with Gasteiger partial charge in [-0.1, -0.05) is 36.4 Å². The first-order chi connectivity index (χ1) is 17.3. The van der Waals surface area contributed by atoms with Crippen LogP contribution in [0.1, 0.15) is 24.0 Å². The van der Waals surface area contributed by atoms with Gasteiger partial charge < -0.3 is 25.5 Å². The minimum absolute atomic E-state index is 0.0324. The number of nitrogens with two attached hydrogens (primary N) is 1. The number of allylic oxidation sites excluding steroid dienone is 1. The van der Waals surface area contributed by atoms with E-state index in [9.17, 15) is 8.42 Å². The number of methoxy groups -OCH3 is 2. The van der Waals surface area contributed by atoms with Crippen molar-refractivity contribution >= 4 is 38.9 Å². The maximum atomic E-state index is 13.4. The third-order valence-corrected chi connectivity index (χ3v) is 7.42. The van der Waals surface area contributed by atoms with Crippen molar-refractivity contribution in [3.05, 3.63) is 77.9 Å². The van der Waals surface area contributed by atoms with E-state index < -0.39 is 10.0 Å². The normalized spacial score (nSPS) is 13.7. The van der Waals surface area contributed by atoms with Crippen molar-refractivity contribution in [3.63, 3.8) is 0 Å². The summed E-state index contributed by atoms with van der Waals surface area (Å²) in [5, 5.41) is 8.60. The van der Waals surface area contributed by atoms with Crippen LogP contribution in [-0.4, -0.2) is 41.4 Å². The molecule has 1 aliphatic heterocycles. The standard InChI is InChI=1S/C27H30N4O4S/c1-34-26-13-11-20(16-27(26)35-2)36(32,33)30-24-17-21(22(28)12-10-19-8-4-3-5-9-19)23(29)18-25(24)31-14-6-7-15-31/h3-5,8-13,16-18,28,30H,6-7,14-15,29H2,1-2H3/b12-10+,28-22?. The Bertz CT molecular complexity index is 1380. The average Bonchev–Trinajstić information content (AvgIpc) is 3.43. The number of nitrogen functional groups attached to an aromatic ring is 1. The van der Waals surface area contributed by atoms with Crippen LogP contribution in [0.15, 0.2) is 71.6 Å². The summed E-state index contributed by atoms with van der Waals surface area (Å²) in [6.45, 7) is 1.60. The Morgan fingerprint density at radius 2 is 1.69 bits per heavy atom. The summed E-state index contributed by atoms with van der Waals surface area (Å²) < 4.78 is 40.0. The van der Waals surface area contributed by atoms with Crippen molar-refractivity contribution in [2.75, 3.05) is 42.7 Å². The lowest BCUT2D eigenvalue weighted by atomic mass is 10.0. The molecule has 0 atom stereocenters. The molecule has 0 bridgehead atoms. The highest BCUT2D eigenvalue weighted by atomic mass is 32.2. The SMILES string of the molecule is COc1ccc(S(=O)(=O)Nc2cc(C(=N)/C=C/c3ccccc3)c(N)cc2N2CCCC2)cc1OC. The molecule has 0 spiro atoms. The Kier molecular flexibility index (Phi) is 7.49. The Hall–Kier alpha value is -3.98. The second-order valence-electron chi connectivity index (χ2n) is 8.43. The lowest BCUT2D eigenvalue weighted by Gasteiger charge is -2.24. The number of benzene rings is 3. The van der Waals surface area contributed by atoms with E-state index >= 15 is 0 Å². The predicted octanol–water partition coefficient (Wildman–Crippen LogP) is 4.77. The van der Waals surface area contributed by atoms with E-state index in [0.29, 0.717) is 34.1 Å². The molecule has 9 heteroatoms. The van der Waals surface area contributed by atoms with Crippen LogP contribution in [0, 0.1) is 5.41 Å². The van der Waals surface area contributed by atoms with Crippen LogP contribution in [0.2, 0.25) is 0 Å². The highest BCUT2D eigenvalue weighted by Gasteiger charge is 2.23. The van der Waals surface area contributed by atoms with Gasteiger partial charge in [0.25, 0.3) is 10.0 Å². The Balaban J connectivity index is 1.72. The summed E-state index contributed by atoms with van der Waals surface area (Å²) in [6, 6.07) is 17.5. The van der Waals surface area contributed by atoms with E-state index in [2.05, 4.69) is 9.62 Å². The minimum atomic E-state index is -3.98. The van der Waals surface area contributed by atoms with Crippen LogP contribution < -0.4 is 24.8 Å². The Morgan fingerprint density at radius 3 is 2.36 bits per heavy atom. The molecule has 188 valence electrons. The summed E-state index contributed by atoms with van der Waals surface area (Å²) in [6.07, 6.45) is 5.51. The lowest BCUT2D eigenvalue weighted by Crippen LogP contribution is -2.22. The maximum Gasteiger partial charge on any atom is 0.262 e. The molecule has 3 aromatic rings. The first-order valence-corrected chi connectivity index (χ1v) is 13.1. The fourth-order valence-corrected chi connectivity index (χ4v) is 5.24. The van der Waals surface area contributed by atoms with E-state index in [1.807, 2.05) is 36.4 Å². The van der Waals surface area contributed by atoms with Crippen LogP contribution in [0.3, 0.4) is 0 Å². The molecule has 0 aliphatic carbocycles. The van der Waals surface area contributed by atoms with Crippen LogP contribution in [0.25, 0.3) is 6.08 Å². The molecule has 0 amide bonds. The second kappa shape index (κ2) is 10.7. The number of hydrogen-bond acceptors (Lipinski definition) is 7. The average molecular weight is 507 g/mol. The molecular formula is C27H30N4O4S. The van der Waals surface area contributed by atoms with Gasteiger partial charge in [0.1, 0.15) is 0 Å². The highest BCUT2D eigenvalue weighted by molar-refractivity contribution is 7.92. The van der Waals surface area contributed by atoms with Crippen molar-refractivity contribution in [1.29, 1.82) is 5.41 Å². The molecule has 0 radical (unpaired) electrons. The Labute approximate surface area is 211 Å². The third kappa shape index (κ3) is 5.46. The van der Waals surface area contributed by atoms with Crippen LogP contribution in [0.4, 0.5) is 17.1 Å². The number of hydrogen-bond donors (Lipinski definition) is 3. The van der Waals surface area contributed by atoms with Crippen LogP contribution >= 0.6 is 0 Å². The number of anilines is 3. The van der Waals surface area contributed by atoms with Gasteiger partial charge in [0.05, 0.1) is 36.2 Å². The largest absolute Gasteiger partial charge is 0.493 e. The topological polar surface area (TPSA) is 118 Å². The van der Waals surface area contributed by atoms with Gasteiger partial charge in [-0.05, 0) is 48.7 Å². The molecule has 1 aliphatic rings. The van der Waals surface area contributed by atoms with Gasteiger partial charge in [0, 0.05) is 30.4 Å². The van der Waals surface area contributed by atoms with Crippen molar-refractivity contribution in [2.24, 2.45) is 0 Å². The lowest BCUT2D eigenvalue weighted by molar-refractivity contribution is 0.354. The molecule has 1 fully saturated rings. The number of ether oxygens (including phenoxy) is 2. The zero-order valence-corrected chi connectivity index (χ0v) is 21.1. The molecule has 8 nitrogen and oxygen atoms in total. The van der Waals surface area contributed by atoms with E-state index in [1.54, 1.807) is 24.3 Å². The molecule has 1 saturated heterocycles. The predicted molar refractivity (Wildman–Crippen MR) is 145 cm³/mol. The van der Waals surface area contributed by atoms with Gasteiger partial charge in [-0.3, -0.25) is 4.72 Å². The summed E-state index contributed by atoms with van der Waals surface area (Å²) in [7, 11) is -1.03. The Morgan fingerprint density at radius 1 is 1.00 bits per heavy atom. The minimum Gasteiger partial charge on any atom is -0.493 e.